The van der Waals surface area contributed by atoms with Gasteiger partial charge in [0.1, 0.15) is 0 Å². The van der Waals surface area contributed by atoms with Gasteiger partial charge in [-0.15, -0.1) is 5.10 Å². The fourth-order valence-corrected chi connectivity index (χ4v) is 3.49. The van der Waals surface area contributed by atoms with E-state index in [-0.39, 0.29) is 4.90 Å². The van der Waals surface area contributed by atoms with E-state index in [1.807, 2.05) is 18.5 Å². The van der Waals surface area contributed by atoms with E-state index in [9.17, 15) is 8.42 Å². The lowest BCUT2D eigenvalue weighted by Gasteiger charge is -2.16. The molecule has 1 N–H and O–H groups in total. The molecule has 0 amide bonds. The van der Waals surface area contributed by atoms with Crippen molar-refractivity contribution in [1.29, 1.82) is 0 Å². The van der Waals surface area contributed by atoms with Crippen LogP contribution in [-0.2, 0) is 16.6 Å². The van der Waals surface area contributed by atoms with Crippen LogP contribution in [0.2, 0.25) is 0 Å². The minimum Gasteiger partial charge on any atom is -0.377 e. The van der Waals surface area contributed by atoms with Gasteiger partial charge in [-0.3, -0.25) is 0 Å². The number of hydrogen-bond acceptors (Lipinski definition) is 6. The summed E-state index contributed by atoms with van der Waals surface area (Å²) in [7, 11) is -0.416. The Labute approximate surface area is 141 Å². The molecule has 1 heterocycles. The molecule has 9 heteroatoms. The molecule has 130 valence electrons. The second-order valence-electron chi connectivity index (χ2n) is 6.32. The molecule has 3 rings (SSSR count). The molecular weight excluding hydrogens is 328 g/mol. The lowest BCUT2D eigenvalue weighted by Crippen LogP contribution is -2.22. The monoisotopic (exact) mass is 350 g/mol. The van der Waals surface area contributed by atoms with E-state index in [4.69, 9.17) is 0 Å². The van der Waals surface area contributed by atoms with Crippen LogP contribution in [0.5, 0.6) is 0 Å². The Balaban J connectivity index is 1.87. The molecule has 0 radical (unpaired) electrons. The maximum Gasteiger partial charge on any atom is 0.242 e. The fourth-order valence-electron chi connectivity index (χ4n) is 2.48. The summed E-state index contributed by atoms with van der Waals surface area (Å²) < 4.78 is 27.8. The molecule has 0 bridgehead atoms. The third kappa shape index (κ3) is 3.13. The Hall–Kier alpha value is -2.00. The zero-order chi connectivity index (χ0) is 17.5. The molecule has 1 aliphatic rings. The molecule has 1 fully saturated rings. The van der Waals surface area contributed by atoms with Gasteiger partial charge in [0.05, 0.1) is 17.5 Å². The smallest absolute Gasteiger partial charge is 0.242 e. The number of nitrogens with zero attached hydrogens (tertiary/aromatic N) is 5. The first-order chi connectivity index (χ1) is 11.3. The maximum atomic E-state index is 12.4. The molecule has 1 aromatic heterocycles. The number of tetrazole rings is 1. The van der Waals surface area contributed by atoms with Crippen LogP contribution < -0.4 is 5.32 Å². The van der Waals surface area contributed by atoms with Gasteiger partial charge in [-0.2, -0.15) is 0 Å². The summed E-state index contributed by atoms with van der Waals surface area (Å²) in [6.45, 7) is 4.33. The third-order valence-corrected chi connectivity index (χ3v) is 6.10. The van der Waals surface area contributed by atoms with Crippen LogP contribution in [0.25, 0.3) is 0 Å². The van der Waals surface area contributed by atoms with E-state index >= 15 is 0 Å². The largest absolute Gasteiger partial charge is 0.377 e. The van der Waals surface area contributed by atoms with Crippen molar-refractivity contribution in [3.63, 3.8) is 0 Å². The van der Waals surface area contributed by atoms with Crippen molar-refractivity contribution in [2.45, 2.75) is 44.2 Å². The van der Waals surface area contributed by atoms with Gasteiger partial charge in [0, 0.05) is 19.8 Å². The number of aromatic nitrogens is 4. The van der Waals surface area contributed by atoms with E-state index in [1.165, 1.54) is 18.4 Å². The SMILES string of the molecule is Cc1cc(S(=O)(=O)N(C)C)cc(NCc2nnnn2C2CC2)c1C. The number of anilines is 1. The van der Waals surface area contributed by atoms with Gasteiger partial charge in [0.25, 0.3) is 0 Å². The molecule has 24 heavy (non-hydrogen) atoms. The maximum absolute atomic E-state index is 12.4. The normalized spacial score (nSPS) is 15.0. The zero-order valence-electron chi connectivity index (χ0n) is 14.3. The summed E-state index contributed by atoms with van der Waals surface area (Å²) >= 11 is 0. The van der Waals surface area contributed by atoms with E-state index < -0.39 is 10.0 Å². The lowest BCUT2D eigenvalue weighted by molar-refractivity contribution is 0.520. The Morgan fingerprint density at radius 1 is 1.29 bits per heavy atom. The highest BCUT2D eigenvalue weighted by Crippen LogP contribution is 2.34. The highest BCUT2D eigenvalue weighted by atomic mass is 32.2. The molecule has 1 aliphatic carbocycles. The Kier molecular flexibility index (Phi) is 4.31. The molecule has 8 nitrogen and oxygen atoms in total. The first-order valence-electron chi connectivity index (χ1n) is 7.85. The van der Waals surface area contributed by atoms with Gasteiger partial charge in [-0.1, -0.05) is 0 Å². The molecule has 1 saturated carbocycles. The van der Waals surface area contributed by atoms with Crippen molar-refractivity contribution in [2.75, 3.05) is 19.4 Å². The van der Waals surface area contributed by atoms with Gasteiger partial charge < -0.3 is 5.32 Å². The number of rotatable bonds is 6. The van der Waals surface area contributed by atoms with Crippen LogP contribution in [-0.4, -0.2) is 47.0 Å². The van der Waals surface area contributed by atoms with Gasteiger partial charge in [-0.25, -0.2) is 17.4 Å². The summed E-state index contributed by atoms with van der Waals surface area (Å²) in [5.41, 5.74) is 2.71. The summed E-state index contributed by atoms with van der Waals surface area (Å²) in [6.07, 6.45) is 2.21. The van der Waals surface area contributed by atoms with Gasteiger partial charge >= 0.3 is 0 Å². The Morgan fingerprint density at radius 2 is 2.00 bits per heavy atom. The van der Waals surface area contributed by atoms with Crippen LogP contribution in [0, 0.1) is 13.8 Å². The minimum atomic E-state index is -3.47. The van der Waals surface area contributed by atoms with Crippen molar-refractivity contribution < 1.29 is 8.42 Å². The Bertz CT molecular complexity index is 855. The van der Waals surface area contributed by atoms with Crippen molar-refractivity contribution in [3.8, 4) is 0 Å². The lowest BCUT2D eigenvalue weighted by atomic mass is 10.1. The van der Waals surface area contributed by atoms with E-state index in [2.05, 4.69) is 20.8 Å². The highest BCUT2D eigenvalue weighted by Gasteiger charge is 2.27. The van der Waals surface area contributed by atoms with Crippen LogP contribution in [0.1, 0.15) is 35.8 Å². The molecule has 0 atom stereocenters. The summed E-state index contributed by atoms with van der Waals surface area (Å²) in [5.74, 6) is 0.760. The summed E-state index contributed by atoms with van der Waals surface area (Å²) in [4.78, 5) is 0.278. The average Bonchev–Trinajstić information content (AvgIpc) is 3.27. The zero-order valence-corrected chi connectivity index (χ0v) is 15.1. The summed E-state index contributed by atoms with van der Waals surface area (Å²) in [6, 6.07) is 3.77. The number of benzene rings is 1. The van der Waals surface area contributed by atoms with Crippen molar-refractivity contribution in [1.82, 2.24) is 24.5 Å². The second kappa shape index (κ2) is 6.14. The van der Waals surface area contributed by atoms with Gasteiger partial charge in [0.2, 0.25) is 10.0 Å². The van der Waals surface area contributed by atoms with E-state index in [1.54, 1.807) is 12.1 Å². The Morgan fingerprint density at radius 3 is 2.62 bits per heavy atom. The van der Waals surface area contributed by atoms with Crippen LogP contribution >= 0.6 is 0 Å². The molecule has 0 aliphatic heterocycles. The predicted molar refractivity (Wildman–Crippen MR) is 90.2 cm³/mol. The molecule has 1 aromatic carbocycles. The molecule has 0 unspecified atom stereocenters. The number of aryl methyl sites for hydroxylation is 1. The quantitative estimate of drug-likeness (QED) is 0.848. The molecule has 0 spiro atoms. The van der Waals surface area contributed by atoms with Crippen molar-refractivity contribution >= 4 is 15.7 Å². The minimum absolute atomic E-state index is 0.278. The van der Waals surface area contributed by atoms with Gasteiger partial charge in [0.15, 0.2) is 5.82 Å². The standard InChI is InChI=1S/C15H22N6O2S/c1-10-7-13(24(22,23)20(3)4)8-14(11(10)2)16-9-15-17-18-19-21(15)12-5-6-12/h7-8,12,16H,5-6,9H2,1-4H3. The second-order valence-corrected chi connectivity index (χ2v) is 8.48. The number of hydrogen-bond donors (Lipinski definition) is 1. The van der Waals surface area contributed by atoms with Crippen LogP contribution in [0.15, 0.2) is 17.0 Å². The average molecular weight is 350 g/mol. The molecule has 2 aromatic rings. The van der Waals surface area contributed by atoms with E-state index in [0.29, 0.717) is 12.6 Å². The fraction of sp³-hybridized carbons (Fsp3) is 0.533. The highest BCUT2D eigenvalue weighted by molar-refractivity contribution is 7.89. The van der Waals surface area contributed by atoms with Gasteiger partial charge in [-0.05, 0) is 60.4 Å². The van der Waals surface area contributed by atoms with Crippen LogP contribution in [0.3, 0.4) is 0 Å². The van der Waals surface area contributed by atoms with E-state index in [0.717, 1.165) is 35.5 Å². The first kappa shape index (κ1) is 16.8. The third-order valence-electron chi connectivity index (χ3n) is 4.31. The van der Waals surface area contributed by atoms with Crippen molar-refractivity contribution in [3.05, 3.63) is 29.1 Å². The summed E-state index contributed by atoms with van der Waals surface area (Å²) in [5, 5.41) is 15.1. The van der Waals surface area contributed by atoms with Crippen molar-refractivity contribution in [2.24, 2.45) is 0 Å². The topological polar surface area (TPSA) is 93.0 Å². The number of nitrogens with one attached hydrogen (secondary N) is 1. The first-order valence-corrected chi connectivity index (χ1v) is 9.29. The molecular formula is C15H22N6O2S. The predicted octanol–water partition coefficient (Wildman–Crippen LogP) is 1.49. The van der Waals surface area contributed by atoms with Crippen LogP contribution in [0.4, 0.5) is 5.69 Å². The molecule has 0 saturated heterocycles. The number of sulfonamides is 1.